The number of rotatable bonds is 5. The third-order valence-corrected chi connectivity index (χ3v) is 2.26. The number of Topliss-reactive ketones (excluding diaryl/α,β-unsaturated/α-hetero) is 1. The average Bonchev–Trinajstić information content (AvgIpc) is 2.39. The predicted octanol–water partition coefficient (Wildman–Crippen LogP) is 2.93. The number of carbonyl (C=O) groups excluding carboxylic acids is 2. The molecule has 0 aliphatic rings. The smallest absolute Gasteiger partial charge is 0.331 e. The highest BCUT2D eigenvalue weighted by atomic mass is 16.5. The van der Waals surface area contributed by atoms with E-state index < -0.39 is 12.1 Å². The predicted molar refractivity (Wildman–Crippen MR) is 70.3 cm³/mol. The van der Waals surface area contributed by atoms with Gasteiger partial charge in [-0.05, 0) is 13.8 Å². The fraction of sp³-hybridized carbons (Fsp3) is 0.200. The summed E-state index contributed by atoms with van der Waals surface area (Å²) in [5, 5.41) is 0. The van der Waals surface area contributed by atoms with Gasteiger partial charge in [0.05, 0.1) is 0 Å². The molecule has 1 aromatic carbocycles. The number of ketones is 1. The number of hydrogen-bond acceptors (Lipinski definition) is 3. The van der Waals surface area contributed by atoms with Crippen molar-refractivity contribution in [2.75, 3.05) is 0 Å². The average molecular weight is 244 g/mol. The van der Waals surface area contributed by atoms with Crippen LogP contribution < -0.4 is 0 Å². The molecule has 0 radical (unpaired) electrons. The molecule has 3 heteroatoms. The Balaban J connectivity index is 2.58. The fourth-order valence-corrected chi connectivity index (χ4v) is 1.35. The van der Waals surface area contributed by atoms with Crippen molar-refractivity contribution in [1.29, 1.82) is 0 Å². The van der Waals surface area contributed by atoms with Crippen LogP contribution in [0.2, 0.25) is 0 Å². The quantitative estimate of drug-likeness (QED) is 0.346. The highest BCUT2D eigenvalue weighted by Crippen LogP contribution is 2.06. The van der Waals surface area contributed by atoms with Gasteiger partial charge in [0, 0.05) is 11.6 Å². The Kier molecular flexibility index (Phi) is 5.58. The van der Waals surface area contributed by atoms with Gasteiger partial charge in [0.2, 0.25) is 5.78 Å². The topological polar surface area (TPSA) is 43.4 Å². The first-order valence-electron chi connectivity index (χ1n) is 5.74. The van der Waals surface area contributed by atoms with Gasteiger partial charge in [-0.15, -0.1) is 0 Å². The molecule has 1 aromatic rings. The molecule has 3 nitrogen and oxygen atoms in total. The molecule has 1 unspecified atom stereocenters. The normalized spacial score (nSPS) is 12.8. The Hall–Kier alpha value is -2.16. The van der Waals surface area contributed by atoms with E-state index >= 15 is 0 Å². The molecule has 94 valence electrons. The highest BCUT2D eigenvalue weighted by Gasteiger charge is 2.17. The summed E-state index contributed by atoms with van der Waals surface area (Å²) < 4.78 is 5.00. The van der Waals surface area contributed by atoms with Crippen molar-refractivity contribution in [1.82, 2.24) is 0 Å². The molecule has 18 heavy (non-hydrogen) atoms. The summed E-state index contributed by atoms with van der Waals surface area (Å²) in [4.78, 5) is 23.3. The lowest BCUT2D eigenvalue weighted by molar-refractivity contribution is -0.140. The van der Waals surface area contributed by atoms with Crippen LogP contribution in [0.3, 0.4) is 0 Å². The van der Waals surface area contributed by atoms with Gasteiger partial charge in [0.15, 0.2) is 6.10 Å². The van der Waals surface area contributed by atoms with Crippen LogP contribution in [0, 0.1) is 0 Å². The minimum absolute atomic E-state index is 0.205. The minimum Gasteiger partial charge on any atom is -0.451 e. The first kappa shape index (κ1) is 13.9. The number of allylic oxidation sites excluding steroid dienone is 3. The molecule has 0 saturated carbocycles. The van der Waals surface area contributed by atoms with Crippen molar-refractivity contribution in [3.05, 3.63) is 60.2 Å². The molecule has 0 amide bonds. The van der Waals surface area contributed by atoms with Gasteiger partial charge in [0.1, 0.15) is 0 Å². The lowest BCUT2D eigenvalue weighted by Gasteiger charge is -2.10. The summed E-state index contributed by atoms with van der Waals surface area (Å²) in [7, 11) is 0. The van der Waals surface area contributed by atoms with Crippen molar-refractivity contribution >= 4 is 11.8 Å². The van der Waals surface area contributed by atoms with Crippen LogP contribution in [0.15, 0.2) is 54.6 Å². The van der Waals surface area contributed by atoms with Gasteiger partial charge in [-0.25, -0.2) is 4.79 Å². The van der Waals surface area contributed by atoms with Crippen LogP contribution in [0.1, 0.15) is 24.2 Å². The molecule has 0 heterocycles. The monoisotopic (exact) mass is 244 g/mol. The molecular weight excluding hydrogens is 228 g/mol. The SMILES string of the molecule is C/C=C/C=C/C(=O)OC(C)C(=O)c1ccccc1. The highest BCUT2D eigenvalue weighted by molar-refractivity contribution is 6.00. The Morgan fingerprint density at radius 1 is 1.17 bits per heavy atom. The van der Waals surface area contributed by atoms with Gasteiger partial charge < -0.3 is 4.74 Å². The molecule has 1 rings (SSSR count). The van der Waals surface area contributed by atoms with Crippen molar-refractivity contribution in [3.63, 3.8) is 0 Å². The first-order chi connectivity index (χ1) is 8.65. The number of hydrogen-bond donors (Lipinski definition) is 0. The third kappa shape index (κ3) is 4.37. The van der Waals surface area contributed by atoms with Crippen molar-refractivity contribution in [2.24, 2.45) is 0 Å². The molecular formula is C15H16O3. The van der Waals surface area contributed by atoms with E-state index in [9.17, 15) is 9.59 Å². The van der Waals surface area contributed by atoms with Gasteiger partial charge in [-0.3, -0.25) is 4.79 Å². The summed E-state index contributed by atoms with van der Waals surface area (Å²) >= 11 is 0. The minimum atomic E-state index is -0.782. The molecule has 0 saturated heterocycles. The maximum Gasteiger partial charge on any atom is 0.331 e. The third-order valence-electron chi connectivity index (χ3n) is 2.26. The van der Waals surface area contributed by atoms with E-state index in [0.717, 1.165) is 0 Å². The van der Waals surface area contributed by atoms with Gasteiger partial charge in [-0.2, -0.15) is 0 Å². The molecule has 0 aromatic heterocycles. The number of ether oxygens (including phenoxy) is 1. The van der Waals surface area contributed by atoms with E-state index in [-0.39, 0.29) is 5.78 Å². The number of benzene rings is 1. The van der Waals surface area contributed by atoms with Crippen molar-refractivity contribution in [3.8, 4) is 0 Å². The molecule has 0 spiro atoms. The number of carbonyl (C=O) groups is 2. The van der Waals surface area contributed by atoms with Crippen LogP contribution in [-0.2, 0) is 9.53 Å². The van der Waals surface area contributed by atoms with E-state index in [2.05, 4.69) is 0 Å². The molecule has 1 atom stereocenters. The standard InChI is InChI=1S/C15H16O3/c1-3-4-6-11-14(16)18-12(2)15(17)13-9-7-5-8-10-13/h3-12H,1-2H3/b4-3+,11-6+. The zero-order valence-corrected chi connectivity index (χ0v) is 10.5. The second-order valence-corrected chi connectivity index (χ2v) is 3.69. The molecule has 0 N–H and O–H groups in total. The van der Waals surface area contributed by atoms with E-state index in [0.29, 0.717) is 5.56 Å². The lowest BCUT2D eigenvalue weighted by Crippen LogP contribution is -2.23. The maximum atomic E-state index is 11.9. The summed E-state index contributed by atoms with van der Waals surface area (Å²) in [5.41, 5.74) is 0.537. The summed E-state index contributed by atoms with van der Waals surface area (Å²) in [6.45, 7) is 3.41. The summed E-state index contributed by atoms with van der Waals surface area (Å²) in [5.74, 6) is -0.728. The van der Waals surface area contributed by atoms with E-state index in [1.54, 1.807) is 49.4 Å². The molecule has 0 fully saturated rings. The van der Waals surface area contributed by atoms with E-state index in [4.69, 9.17) is 4.74 Å². The fourth-order valence-electron chi connectivity index (χ4n) is 1.35. The summed E-state index contributed by atoms with van der Waals surface area (Å²) in [6.07, 6.45) is 5.58. The lowest BCUT2D eigenvalue weighted by atomic mass is 10.1. The molecule has 0 bridgehead atoms. The summed E-state index contributed by atoms with van der Waals surface area (Å²) in [6, 6.07) is 8.76. The maximum absolute atomic E-state index is 11.9. The molecule has 0 aliphatic carbocycles. The Bertz CT molecular complexity index is 458. The second kappa shape index (κ2) is 7.22. The zero-order chi connectivity index (χ0) is 13.4. The van der Waals surface area contributed by atoms with Crippen LogP contribution in [0.4, 0.5) is 0 Å². The van der Waals surface area contributed by atoms with E-state index in [1.165, 1.54) is 6.08 Å². The van der Waals surface area contributed by atoms with Crippen molar-refractivity contribution < 1.29 is 14.3 Å². The largest absolute Gasteiger partial charge is 0.451 e. The van der Waals surface area contributed by atoms with Gasteiger partial charge in [0.25, 0.3) is 0 Å². The second-order valence-electron chi connectivity index (χ2n) is 3.69. The molecule has 0 aliphatic heterocycles. The van der Waals surface area contributed by atoms with Crippen LogP contribution in [0.25, 0.3) is 0 Å². The Morgan fingerprint density at radius 3 is 2.44 bits per heavy atom. The zero-order valence-electron chi connectivity index (χ0n) is 10.5. The van der Waals surface area contributed by atoms with Crippen LogP contribution in [-0.4, -0.2) is 17.9 Å². The Labute approximate surface area is 107 Å². The Morgan fingerprint density at radius 2 is 1.83 bits per heavy atom. The van der Waals surface area contributed by atoms with Crippen LogP contribution >= 0.6 is 0 Å². The first-order valence-corrected chi connectivity index (χ1v) is 5.74. The van der Waals surface area contributed by atoms with Gasteiger partial charge >= 0.3 is 5.97 Å². The van der Waals surface area contributed by atoms with Crippen LogP contribution in [0.5, 0.6) is 0 Å². The van der Waals surface area contributed by atoms with E-state index in [1.807, 2.05) is 13.0 Å². The number of esters is 1. The van der Waals surface area contributed by atoms with Gasteiger partial charge in [-0.1, -0.05) is 48.6 Å². The van der Waals surface area contributed by atoms with Crippen molar-refractivity contribution in [2.45, 2.75) is 20.0 Å².